The van der Waals surface area contributed by atoms with Crippen molar-refractivity contribution in [1.82, 2.24) is 0 Å². The summed E-state index contributed by atoms with van der Waals surface area (Å²) in [6.45, 7) is 0.176. The molecule has 0 radical (unpaired) electrons. The number of rotatable bonds is 8. The molecule has 0 rings (SSSR count). The normalized spacial score (nSPS) is 9.62. The van der Waals surface area contributed by atoms with E-state index in [4.69, 9.17) is 5.73 Å². The lowest BCUT2D eigenvalue weighted by Crippen LogP contribution is -2.12. The molecule has 0 spiro atoms. The van der Waals surface area contributed by atoms with Gasteiger partial charge in [0.2, 0.25) is 0 Å². The van der Waals surface area contributed by atoms with Gasteiger partial charge < -0.3 is 10.6 Å². The first-order valence-electron chi connectivity index (χ1n) is 4.16. The fourth-order valence-electron chi connectivity index (χ4n) is 0.842. The minimum absolute atomic E-state index is 0.0233. The monoisotopic (exact) mass is 190 g/mol. The van der Waals surface area contributed by atoms with Crippen molar-refractivity contribution in [1.29, 1.82) is 0 Å². The summed E-state index contributed by atoms with van der Waals surface area (Å²) >= 11 is 0. The van der Waals surface area contributed by atoms with Crippen molar-refractivity contribution in [3.8, 4) is 0 Å². The fourth-order valence-corrected chi connectivity index (χ4v) is 0.842. The summed E-state index contributed by atoms with van der Waals surface area (Å²) in [5.74, 6) is 0.0233. The molecule has 0 heterocycles. The Hall–Kier alpha value is -1.17. The SMILES string of the molecule is NCC(=O)CCCCCO[N+](=O)[O-]. The van der Waals surface area contributed by atoms with Gasteiger partial charge in [-0.1, -0.05) is 6.42 Å². The number of Topliss-reactive ketones (excluding diaryl/α,β-unsaturated/α-hetero) is 1. The van der Waals surface area contributed by atoms with Crippen LogP contribution in [-0.2, 0) is 9.63 Å². The molecule has 0 saturated carbocycles. The van der Waals surface area contributed by atoms with Gasteiger partial charge in [0, 0.05) is 6.42 Å². The maximum Gasteiger partial charge on any atom is 0.294 e. The van der Waals surface area contributed by atoms with Gasteiger partial charge in [-0.25, -0.2) is 0 Å². The first kappa shape index (κ1) is 11.8. The number of nitrogens with two attached hydrogens (primary N) is 1. The molecule has 0 aliphatic carbocycles. The highest BCUT2D eigenvalue weighted by molar-refractivity contribution is 5.80. The zero-order valence-electron chi connectivity index (χ0n) is 7.40. The second-order valence-corrected chi connectivity index (χ2v) is 2.61. The number of carbonyl (C=O) groups is 1. The van der Waals surface area contributed by atoms with Crippen LogP contribution in [0.4, 0.5) is 0 Å². The van der Waals surface area contributed by atoms with E-state index in [-0.39, 0.29) is 18.9 Å². The molecule has 0 saturated heterocycles. The molecule has 2 N–H and O–H groups in total. The molecule has 76 valence electrons. The van der Waals surface area contributed by atoms with Crippen molar-refractivity contribution >= 4 is 5.78 Å². The van der Waals surface area contributed by atoms with E-state index in [0.29, 0.717) is 12.8 Å². The van der Waals surface area contributed by atoms with Gasteiger partial charge in [-0.15, -0.1) is 10.1 Å². The number of hydrogen-bond donors (Lipinski definition) is 1. The van der Waals surface area contributed by atoms with E-state index in [0.717, 1.165) is 12.8 Å². The molecule has 0 aliphatic heterocycles. The Bertz CT molecular complexity index is 172. The first-order chi connectivity index (χ1) is 6.16. The zero-order chi connectivity index (χ0) is 10.1. The van der Waals surface area contributed by atoms with Crippen LogP contribution in [0.1, 0.15) is 25.7 Å². The highest BCUT2D eigenvalue weighted by atomic mass is 16.9. The standard InChI is InChI=1S/C7H14N2O4/c8-6-7(10)4-2-1-3-5-13-9(11)12/h1-6,8H2. The molecule has 0 aromatic rings. The molecule has 6 nitrogen and oxygen atoms in total. The van der Waals surface area contributed by atoms with E-state index >= 15 is 0 Å². The Kier molecular flexibility index (Phi) is 6.80. The molecular weight excluding hydrogens is 176 g/mol. The van der Waals surface area contributed by atoms with E-state index in [1.54, 1.807) is 0 Å². The molecule has 0 fully saturated rings. The zero-order valence-corrected chi connectivity index (χ0v) is 7.40. The number of carbonyl (C=O) groups excluding carboxylic acids is 1. The molecule has 0 aromatic carbocycles. The van der Waals surface area contributed by atoms with E-state index in [1.807, 2.05) is 0 Å². The number of hydrogen-bond acceptors (Lipinski definition) is 5. The van der Waals surface area contributed by atoms with Crippen LogP contribution >= 0.6 is 0 Å². The van der Waals surface area contributed by atoms with E-state index in [2.05, 4.69) is 4.84 Å². The summed E-state index contributed by atoms with van der Waals surface area (Å²) in [6, 6.07) is 0. The highest BCUT2D eigenvalue weighted by Gasteiger charge is 1.98. The van der Waals surface area contributed by atoms with Gasteiger partial charge in [0.1, 0.15) is 5.78 Å². The summed E-state index contributed by atoms with van der Waals surface area (Å²) in [5, 5.41) is 8.88. The van der Waals surface area contributed by atoms with Gasteiger partial charge in [-0.3, -0.25) is 4.79 Å². The Morgan fingerprint density at radius 1 is 1.38 bits per heavy atom. The van der Waals surface area contributed by atoms with Crippen molar-refractivity contribution in [2.75, 3.05) is 13.2 Å². The molecule has 0 bridgehead atoms. The van der Waals surface area contributed by atoms with Crippen molar-refractivity contribution in [3.63, 3.8) is 0 Å². The molecule has 0 aliphatic rings. The molecule has 0 unspecified atom stereocenters. The third-order valence-electron chi connectivity index (χ3n) is 1.52. The summed E-state index contributed by atoms with van der Waals surface area (Å²) in [7, 11) is 0. The Balaban J connectivity index is 3.08. The van der Waals surface area contributed by atoms with Gasteiger partial charge in [0.05, 0.1) is 13.2 Å². The van der Waals surface area contributed by atoms with Crippen LogP contribution in [0.15, 0.2) is 0 Å². The molecule has 0 amide bonds. The van der Waals surface area contributed by atoms with Crippen LogP contribution in [0.3, 0.4) is 0 Å². The molecule has 13 heavy (non-hydrogen) atoms. The van der Waals surface area contributed by atoms with Crippen LogP contribution in [0.5, 0.6) is 0 Å². The predicted molar refractivity (Wildman–Crippen MR) is 45.5 cm³/mol. The van der Waals surface area contributed by atoms with E-state index in [9.17, 15) is 14.9 Å². The quantitative estimate of drug-likeness (QED) is 0.337. The van der Waals surface area contributed by atoms with Crippen molar-refractivity contribution in [2.24, 2.45) is 5.73 Å². The van der Waals surface area contributed by atoms with Gasteiger partial charge in [-0.05, 0) is 12.8 Å². The molecular formula is C7H14N2O4. The van der Waals surface area contributed by atoms with Gasteiger partial charge in [-0.2, -0.15) is 0 Å². The third kappa shape index (κ3) is 8.74. The number of nitrogens with zero attached hydrogens (tertiary/aromatic N) is 1. The minimum Gasteiger partial charge on any atom is -0.324 e. The largest absolute Gasteiger partial charge is 0.324 e. The lowest BCUT2D eigenvalue weighted by molar-refractivity contribution is -0.757. The smallest absolute Gasteiger partial charge is 0.294 e. The topological polar surface area (TPSA) is 95.5 Å². The van der Waals surface area contributed by atoms with Crippen LogP contribution in [0.25, 0.3) is 0 Å². The predicted octanol–water partition coefficient (Wildman–Crippen LogP) is 0.283. The number of ketones is 1. The Labute approximate surface area is 76.2 Å². The highest BCUT2D eigenvalue weighted by Crippen LogP contribution is 2.00. The van der Waals surface area contributed by atoms with Crippen molar-refractivity contribution in [2.45, 2.75) is 25.7 Å². The maximum absolute atomic E-state index is 10.7. The summed E-state index contributed by atoms with van der Waals surface area (Å²) in [5.41, 5.74) is 5.09. The summed E-state index contributed by atoms with van der Waals surface area (Å²) in [6.07, 6.45) is 2.52. The van der Waals surface area contributed by atoms with Gasteiger partial charge >= 0.3 is 0 Å². The number of unbranched alkanes of at least 4 members (excludes halogenated alkanes) is 2. The summed E-state index contributed by atoms with van der Waals surface area (Å²) in [4.78, 5) is 24.5. The average Bonchev–Trinajstić information content (AvgIpc) is 2.10. The molecule has 0 atom stereocenters. The fraction of sp³-hybridized carbons (Fsp3) is 0.857. The average molecular weight is 190 g/mol. The lowest BCUT2D eigenvalue weighted by Gasteiger charge is -1.98. The van der Waals surface area contributed by atoms with E-state index in [1.165, 1.54) is 0 Å². The van der Waals surface area contributed by atoms with Crippen LogP contribution in [-0.4, -0.2) is 24.0 Å². The second-order valence-electron chi connectivity index (χ2n) is 2.61. The maximum atomic E-state index is 10.7. The third-order valence-corrected chi connectivity index (χ3v) is 1.52. The van der Waals surface area contributed by atoms with Crippen molar-refractivity contribution < 1.29 is 14.7 Å². The van der Waals surface area contributed by atoms with Gasteiger partial charge in [0.15, 0.2) is 0 Å². The lowest BCUT2D eigenvalue weighted by atomic mass is 10.1. The van der Waals surface area contributed by atoms with Crippen LogP contribution in [0.2, 0.25) is 0 Å². The van der Waals surface area contributed by atoms with Crippen molar-refractivity contribution in [3.05, 3.63) is 10.1 Å². The first-order valence-corrected chi connectivity index (χ1v) is 4.16. The molecule has 0 aromatic heterocycles. The Morgan fingerprint density at radius 2 is 2.08 bits per heavy atom. The van der Waals surface area contributed by atoms with Crippen LogP contribution in [0, 0.1) is 10.1 Å². The summed E-state index contributed by atoms with van der Waals surface area (Å²) < 4.78 is 0. The van der Waals surface area contributed by atoms with E-state index < -0.39 is 5.09 Å². The van der Waals surface area contributed by atoms with Gasteiger partial charge in [0.25, 0.3) is 5.09 Å². The Morgan fingerprint density at radius 3 is 2.62 bits per heavy atom. The second kappa shape index (κ2) is 7.48. The minimum atomic E-state index is -0.814. The van der Waals surface area contributed by atoms with Crippen LogP contribution < -0.4 is 5.73 Å². The molecule has 6 heteroatoms.